The van der Waals surface area contributed by atoms with Crippen LogP contribution < -0.4 is 9.75 Å². The van der Waals surface area contributed by atoms with Crippen LogP contribution in [0.15, 0.2) is 53.1 Å². The summed E-state index contributed by atoms with van der Waals surface area (Å²) in [7, 11) is 0.131. The highest BCUT2D eigenvalue weighted by Gasteiger charge is 2.28. The van der Waals surface area contributed by atoms with Crippen LogP contribution >= 0.6 is 0 Å². The van der Waals surface area contributed by atoms with Gasteiger partial charge in [-0.2, -0.15) is 0 Å². The Morgan fingerprint density at radius 2 is 1.62 bits per heavy atom. The van der Waals surface area contributed by atoms with Crippen LogP contribution in [0.5, 0.6) is 0 Å². The van der Waals surface area contributed by atoms with Gasteiger partial charge in [0.25, 0.3) is 0 Å². The van der Waals surface area contributed by atoms with Crippen molar-refractivity contribution in [3.05, 3.63) is 60.0 Å². The molecule has 2 heterocycles. The molecule has 0 aliphatic carbocycles. The molecule has 0 atom stereocenters. The van der Waals surface area contributed by atoms with Crippen LogP contribution in [0.4, 0.5) is 4.39 Å². The number of fused-ring (bicyclic) bond motifs is 3. The van der Waals surface area contributed by atoms with E-state index in [9.17, 15) is 4.39 Å². The molecule has 0 spiro atoms. The molecular formula is C22H23FNOSi+. The molecule has 2 aromatic heterocycles. The van der Waals surface area contributed by atoms with Crippen molar-refractivity contribution in [1.29, 1.82) is 0 Å². The number of furan rings is 1. The van der Waals surface area contributed by atoms with Gasteiger partial charge in [0.1, 0.15) is 24.0 Å². The zero-order valence-corrected chi connectivity index (χ0v) is 16.9. The number of nitrogens with zero attached hydrogens (tertiary/aromatic N) is 1. The molecule has 0 unspecified atom stereocenters. The molecular weight excluding hydrogens is 341 g/mol. The molecule has 4 rings (SSSR count). The normalized spacial score (nSPS) is 12.2. The van der Waals surface area contributed by atoms with Gasteiger partial charge in [-0.25, -0.2) is 8.96 Å². The summed E-state index contributed by atoms with van der Waals surface area (Å²) in [6, 6.07) is 13.8. The maximum Gasteiger partial charge on any atom is 0.216 e. The number of pyridine rings is 1. The molecule has 0 bridgehead atoms. The van der Waals surface area contributed by atoms with Gasteiger partial charge in [0, 0.05) is 28.1 Å². The lowest BCUT2D eigenvalue weighted by molar-refractivity contribution is -0.660. The number of benzene rings is 2. The highest BCUT2D eigenvalue weighted by Crippen LogP contribution is 2.37. The van der Waals surface area contributed by atoms with Gasteiger partial charge in [-0.15, -0.1) is 0 Å². The average Bonchev–Trinajstić information content (AvgIpc) is 2.92. The minimum atomic E-state index is -1.90. The standard InChI is InChI=1S/C22H23FNOSi/c1-14-9-10-15-16-11-12-17(23)22(26(3,4)5)21(16)25-20(15)19(14)18-8-6-7-13-24(18)2/h6-13H,1-5H3/q+1. The number of hydrogen-bond acceptors (Lipinski definition) is 1. The van der Waals surface area contributed by atoms with E-state index in [1.54, 1.807) is 6.07 Å². The SMILES string of the molecule is Cc1ccc2c(oc3c([Si](C)(C)C)c(F)ccc32)c1-c1cccc[n+]1C. The number of aryl methyl sites for hydroxylation is 2. The van der Waals surface area contributed by atoms with Gasteiger partial charge in [0.15, 0.2) is 6.20 Å². The molecule has 2 nitrogen and oxygen atoms in total. The monoisotopic (exact) mass is 364 g/mol. The molecule has 132 valence electrons. The van der Waals surface area contributed by atoms with Gasteiger partial charge in [0.05, 0.1) is 13.6 Å². The molecule has 0 radical (unpaired) electrons. The van der Waals surface area contributed by atoms with Gasteiger partial charge in [-0.05, 0) is 30.7 Å². The second-order valence-corrected chi connectivity index (χ2v) is 13.0. The van der Waals surface area contributed by atoms with E-state index in [4.69, 9.17) is 4.42 Å². The van der Waals surface area contributed by atoms with E-state index in [1.165, 1.54) is 0 Å². The number of rotatable bonds is 2. The highest BCUT2D eigenvalue weighted by atomic mass is 28.3. The molecule has 4 aromatic rings. The Hall–Kier alpha value is -2.46. The molecule has 26 heavy (non-hydrogen) atoms. The number of halogens is 1. The molecule has 0 saturated heterocycles. The number of hydrogen-bond donors (Lipinski definition) is 0. The Labute approximate surface area is 153 Å². The zero-order valence-electron chi connectivity index (χ0n) is 15.9. The first-order chi connectivity index (χ1) is 12.3. The second-order valence-electron chi connectivity index (χ2n) is 7.98. The summed E-state index contributed by atoms with van der Waals surface area (Å²) in [5, 5.41) is 2.81. The van der Waals surface area contributed by atoms with E-state index in [2.05, 4.69) is 49.3 Å². The van der Waals surface area contributed by atoms with Crippen LogP contribution in [0.25, 0.3) is 33.2 Å². The maximum atomic E-state index is 14.7. The van der Waals surface area contributed by atoms with E-state index in [1.807, 2.05) is 31.4 Å². The number of aromatic nitrogens is 1. The van der Waals surface area contributed by atoms with Gasteiger partial charge < -0.3 is 4.42 Å². The highest BCUT2D eigenvalue weighted by molar-refractivity contribution is 6.90. The third kappa shape index (κ3) is 2.48. The van der Waals surface area contributed by atoms with E-state index >= 15 is 0 Å². The molecule has 0 aliphatic heterocycles. The van der Waals surface area contributed by atoms with E-state index < -0.39 is 8.07 Å². The van der Waals surface area contributed by atoms with Crippen LogP contribution in [-0.4, -0.2) is 8.07 Å². The molecule has 0 amide bonds. The smallest absolute Gasteiger partial charge is 0.216 e. The molecule has 0 saturated carbocycles. The van der Waals surface area contributed by atoms with Gasteiger partial charge in [-0.1, -0.05) is 31.8 Å². The average molecular weight is 365 g/mol. The van der Waals surface area contributed by atoms with Crippen LogP contribution in [0.3, 0.4) is 0 Å². The summed E-state index contributed by atoms with van der Waals surface area (Å²) in [5.41, 5.74) is 4.86. The van der Waals surface area contributed by atoms with Crippen LogP contribution in [0, 0.1) is 12.7 Å². The van der Waals surface area contributed by atoms with Crippen LogP contribution in [0.2, 0.25) is 19.6 Å². The molecule has 0 aliphatic rings. The van der Waals surface area contributed by atoms with Crippen LogP contribution in [0.1, 0.15) is 5.56 Å². The van der Waals surface area contributed by atoms with Crippen LogP contribution in [-0.2, 0) is 7.05 Å². The lowest BCUT2D eigenvalue weighted by atomic mass is 10.0. The van der Waals surface area contributed by atoms with Crippen molar-refractivity contribution >= 4 is 35.2 Å². The summed E-state index contributed by atoms with van der Waals surface area (Å²) < 4.78 is 23.2. The van der Waals surface area contributed by atoms with Crippen molar-refractivity contribution in [2.75, 3.05) is 0 Å². The van der Waals surface area contributed by atoms with Gasteiger partial charge in [0.2, 0.25) is 5.69 Å². The van der Waals surface area contributed by atoms with Crippen molar-refractivity contribution in [3.8, 4) is 11.3 Å². The quantitative estimate of drug-likeness (QED) is 0.358. The minimum Gasteiger partial charge on any atom is -0.455 e. The molecule has 0 fully saturated rings. The maximum absolute atomic E-state index is 14.7. The molecule has 4 heteroatoms. The summed E-state index contributed by atoms with van der Waals surface area (Å²) in [4.78, 5) is 0. The van der Waals surface area contributed by atoms with Crippen molar-refractivity contribution in [2.45, 2.75) is 26.6 Å². The van der Waals surface area contributed by atoms with E-state index in [0.29, 0.717) is 5.58 Å². The Morgan fingerprint density at radius 1 is 0.923 bits per heavy atom. The Balaban J connectivity index is 2.18. The Kier molecular flexibility index (Phi) is 3.77. The summed E-state index contributed by atoms with van der Waals surface area (Å²) >= 11 is 0. The third-order valence-corrected chi connectivity index (χ3v) is 6.99. The second kappa shape index (κ2) is 5.78. The Morgan fingerprint density at radius 3 is 2.31 bits per heavy atom. The fraction of sp³-hybridized carbons (Fsp3) is 0.227. The third-order valence-electron chi connectivity index (χ3n) is 5.03. The zero-order chi connectivity index (χ0) is 18.6. The van der Waals surface area contributed by atoms with Crippen molar-refractivity contribution in [3.63, 3.8) is 0 Å². The predicted molar refractivity (Wildman–Crippen MR) is 108 cm³/mol. The first-order valence-electron chi connectivity index (χ1n) is 8.89. The summed E-state index contributed by atoms with van der Waals surface area (Å²) in [6.07, 6.45) is 2.03. The van der Waals surface area contributed by atoms with Crippen molar-refractivity contribution in [2.24, 2.45) is 7.05 Å². The van der Waals surface area contributed by atoms with Gasteiger partial charge >= 0.3 is 0 Å². The van der Waals surface area contributed by atoms with Crippen molar-refractivity contribution < 1.29 is 13.4 Å². The minimum absolute atomic E-state index is 0.153. The molecule has 2 aromatic carbocycles. The predicted octanol–water partition coefficient (Wildman–Crippen LogP) is 5.07. The fourth-order valence-electron chi connectivity index (χ4n) is 3.78. The van der Waals surface area contributed by atoms with Crippen molar-refractivity contribution in [1.82, 2.24) is 0 Å². The first-order valence-corrected chi connectivity index (χ1v) is 12.4. The lowest BCUT2D eigenvalue weighted by Crippen LogP contribution is -2.40. The van der Waals surface area contributed by atoms with Gasteiger partial charge in [-0.3, -0.25) is 0 Å². The lowest BCUT2D eigenvalue weighted by Gasteiger charge is -2.17. The topological polar surface area (TPSA) is 17.0 Å². The Bertz CT molecular complexity index is 1150. The summed E-state index contributed by atoms with van der Waals surface area (Å²) in [5.74, 6) is -0.153. The fourth-order valence-corrected chi connectivity index (χ4v) is 5.44. The van der Waals surface area contributed by atoms with E-state index in [-0.39, 0.29) is 5.82 Å². The summed E-state index contributed by atoms with van der Waals surface area (Å²) in [6.45, 7) is 8.55. The first kappa shape index (κ1) is 17.0. The van der Waals surface area contributed by atoms with E-state index in [0.717, 1.165) is 38.4 Å². The largest absolute Gasteiger partial charge is 0.455 e. The molecule has 0 N–H and O–H groups in total.